The number of ether oxygens (including phenoxy) is 3. The molecule has 1 unspecified atom stereocenters. The second kappa shape index (κ2) is 9.69. The Bertz CT molecular complexity index is 670. The van der Waals surface area contributed by atoms with Gasteiger partial charge in [-0.3, -0.25) is 4.79 Å². The molecule has 134 valence electrons. The number of benzene rings is 2. The van der Waals surface area contributed by atoms with Crippen LogP contribution in [-0.2, 0) is 9.53 Å². The zero-order valence-corrected chi connectivity index (χ0v) is 15.0. The van der Waals surface area contributed by atoms with Gasteiger partial charge >= 0.3 is 0 Å². The summed E-state index contributed by atoms with van der Waals surface area (Å²) in [4.78, 5) is 12.5. The fourth-order valence-electron chi connectivity index (χ4n) is 2.23. The van der Waals surface area contributed by atoms with E-state index in [0.29, 0.717) is 36.8 Å². The van der Waals surface area contributed by atoms with Crippen molar-refractivity contribution < 1.29 is 19.0 Å². The number of rotatable bonds is 9. The van der Waals surface area contributed by atoms with E-state index in [0.717, 1.165) is 5.56 Å². The summed E-state index contributed by atoms with van der Waals surface area (Å²) in [6.07, 6.45) is 0.0183. The minimum Gasteiger partial charge on any atom is -0.491 e. The van der Waals surface area contributed by atoms with Gasteiger partial charge < -0.3 is 19.5 Å². The highest BCUT2D eigenvalue weighted by Gasteiger charge is 2.18. The molecule has 2 aromatic carbocycles. The molecule has 0 saturated heterocycles. The highest BCUT2D eigenvalue weighted by Crippen LogP contribution is 2.19. The molecule has 0 aliphatic rings. The number of carbonyl (C=O) groups excluding carboxylic acids is 1. The van der Waals surface area contributed by atoms with Crippen molar-refractivity contribution in [3.8, 4) is 11.5 Å². The van der Waals surface area contributed by atoms with Crippen molar-refractivity contribution >= 4 is 11.6 Å². The zero-order valence-electron chi connectivity index (χ0n) is 15.0. The number of hydrogen-bond acceptors (Lipinski definition) is 4. The van der Waals surface area contributed by atoms with Gasteiger partial charge in [-0.25, -0.2) is 0 Å². The molecule has 0 aliphatic heterocycles. The van der Waals surface area contributed by atoms with E-state index in [-0.39, 0.29) is 5.91 Å². The van der Waals surface area contributed by atoms with E-state index in [1.807, 2.05) is 56.3 Å². The standard InChI is InChI=1S/C20H25NO4/c1-4-19(25-17-10-8-15(2)9-11-17)20(22)21-16-6-5-7-18(14-16)24-13-12-23-3/h5-11,14,19H,4,12-13H2,1-3H3,(H,21,22). The molecule has 2 rings (SSSR count). The Morgan fingerprint density at radius 3 is 2.52 bits per heavy atom. The lowest BCUT2D eigenvalue weighted by Gasteiger charge is -2.17. The molecule has 5 nitrogen and oxygen atoms in total. The average molecular weight is 343 g/mol. The quantitative estimate of drug-likeness (QED) is 0.703. The maximum atomic E-state index is 12.5. The molecule has 0 aromatic heterocycles. The Morgan fingerprint density at radius 1 is 1.08 bits per heavy atom. The monoisotopic (exact) mass is 343 g/mol. The summed E-state index contributed by atoms with van der Waals surface area (Å²) >= 11 is 0. The van der Waals surface area contributed by atoms with Gasteiger partial charge in [-0.05, 0) is 37.6 Å². The van der Waals surface area contributed by atoms with Crippen molar-refractivity contribution in [1.82, 2.24) is 0 Å². The Hall–Kier alpha value is -2.53. The van der Waals surface area contributed by atoms with Gasteiger partial charge in [0.05, 0.1) is 6.61 Å². The van der Waals surface area contributed by atoms with Gasteiger partial charge in [-0.2, -0.15) is 0 Å². The summed E-state index contributed by atoms with van der Waals surface area (Å²) in [6, 6.07) is 14.9. The fraction of sp³-hybridized carbons (Fsp3) is 0.350. The largest absolute Gasteiger partial charge is 0.491 e. The average Bonchev–Trinajstić information content (AvgIpc) is 2.61. The number of aryl methyl sites for hydroxylation is 1. The number of methoxy groups -OCH3 is 1. The Morgan fingerprint density at radius 2 is 1.84 bits per heavy atom. The van der Waals surface area contributed by atoms with Crippen LogP contribution < -0.4 is 14.8 Å². The van der Waals surface area contributed by atoms with Crippen LogP contribution in [-0.4, -0.2) is 32.3 Å². The molecular weight excluding hydrogens is 318 g/mol. The first kappa shape index (κ1) is 18.8. The van der Waals surface area contributed by atoms with E-state index in [4.69, 9.17) is 14.2 Å². The van der Waals surface area contributed by atoms with Gasteiger partial charge in [0.15, 0.2) is 6.10 Å². The molecule has 0 saturated carbocycles. The molecule has 5 heteroatoms. The van der Waals surface area contributed by atoms with E-state index < -0.39 is 6.10 Å². The molecule has 0 bridgehead atoms. The van der Waals surface area contributed by atoms with Crippen molar-refractivity contribution in [3.05, 3.63) is 54.1 Å². The predicted octanol–water partition coefficient (Wildman–Crippen LogP) is 3.82. The van der Waals surface area contributed by atoms with Crippen LogP contribution in [0.25, 0.3) is 0 Å². The molecule has 0 fully saturated rings. The van der Waals surface area contributed by atoms with Crippen molar-refractivity contribution in [2.24, 2.45) is 0 Å². The van der Waals surface area contributed by atoms with Crippen molar-refractivity contribution in [2.45, 2.75) is 26.4 Å². The molecular formula is C20H25NO4. The van der Waals surface area contributed by atoms with Crippen LogP contribution in [0.5, 0.6) is 11.5 Å². The van der Waals surface area contributed by atoms with Gasteiger partial charge in [0.25, 0.3) is 5.91 Å². The van der Waals surface area contributed by atoms with E-state index in [1.54, 1.807) is 13.2 Å². The highest BCUT2D eigenvalue weighted by atomic mass is 16.5. The van der Waals surface area contributed by atoms with Crippen LogP contribution in [0.2, 0.25) is 0 Å². The van der Waals surface area contributed by atoms with Crippen LogP contribution in [0.15, 0.2) is 48.5 Å². The first-order valence-electron chi connectivity index (χ1n) is 8.38. The lowest BCUT2D eigenvalue weighted by atomic mass is 10.2. The van der Waals surface area contributed by atoms with Crippen molar-refractivity contribution in [2.75, 3.05) is 25.6 Å². The normalized spacial score (nSPS) is 11.6. The Kier molecular flexibility index (Phi) is 7.29. The maximum Gasteiger partial charge on any atom is 0.265 e. The van der Waals surface area contributed by atoms with E-state index in [1.165, 1.54) is 0 Å². The van der Waals surface area contributed by atoms with Crippen LogP contribution in [0.1, 0.15) is 18.9 Å². The van der Waals surface area contributed by atoms with Gasteiger partial charge in [0.1, 0.15) is 18.1 Å². The summed E-state index contributed by atoms with van der Waals surface area (Å²) < 4.78 is 16.3. The second-order valence-electron chi connectivity index (χ2n) is 5.69. The van der Waals surface area contributed by atoms with Crippen LogP contribution >= 0.6 is 0 Å². The third-order valence-electron chi connectivity index (χ3n) is 3.62. The van der Waals surface area contributed by atoms with E-state index in [2.05, 4.69) is 5.32 Å². The maximum absolute atomic E-state index is 12.5. The Balaban J connectivity index is 1.96. The first-order valence-corrected chi connectivity index (χ1v) is 8.38. The first-order chi connectivity index (χ1) is 12.1. The molecule has 0 aliphatic carbocycles. The van der Waals surface area contributed by atoms with E-state index in [9.17, 15) is 4.79 Å². The fourth-order valence-corrected chi connectivity index (χ4v) is 2.23. The van der Waals surface area contributed by atoms with Gasteiger partial charge in [-0.15, -0.1) is 0 Å². The Labute approximate surface area is 148 Å². The van der Waals surface area contributed by atoms with Gasteiger partial charge in [0, 0.05) is 18.9 Å². The highest BCUT2D eigenvalue weighted by molar-refractivity contribution is 5.94. The van der Waals surface area contributed by atoms with Crippen LogP contribution in [0, 0.1) is 6.92 Å². The third kappa shape index (κ3) is 6.12. The molecule has 1 amide bonds. The molecule has 0 radical (unpaired) electrons. The topological polar surface area (TPSA) is 56.8 Å². The van der Waals surface area contributed by atoms with Crippen LogP contribution in [0.3, 0.4) is 0 Å². The van der Waals surface area contributed by atoms with Crippen LogP contribution in [0.4, 0.5) is 5.69 Å². The number of nitrogens with one attached hydrogen (secondary N) is 1. The number of amides is 1. The van der Waals surface area contributed by atoms with Gasteiger partial charge in [0.2, 0.25) is 0 Å². The molecule has 1 atom stereocenters. The zero-order chi connectivity index (χ0) is 18.1. The smallest absolute Gasteiger partial charge is 0.265 e. The van der Waals surface area contributed by atoms with Crippen molar-refractivity contribution in [1.29, 1.82) is 0 Å². The third-order valence-corrected chi connectivity index (χ3v) is 3.62. The molecule has 0 spiro atoms. The van der Waals surface area contributed by atoms with Gasteiger partial charge in [-0.1, -0.05) is 30.7 Å². The lowest BCUT2D eigenvalue weighted by molar-refractivity contribution is -0.122. The molecule has 25 heavy (non-hydrogen) atoms. The molecule has 2 aromatic rings. The minimum absolute atomic E-state index is 0.183. The summed E-state index contributed by atoms with van der Waals surface area (Å²) in [5.41, 5.74) is 1.82. The number of carbonyl (C=O) groups is 1. The van der Waals surface area contributed by atoms with Crippen molar-refractivity contribution in [3.63, 3.8) is 0 Å². The predicted molar refractivity (Wildman–Crippen MR) is 98.3 cm³/mol. The molecule has 0 heterocycles. The molecule has 1 N–H and O–H groups in total. The van der Waals surface area contributed by atoms with E-state index >= 15 is 0 Å². The number of hydrogen-bond donors (Lipinski definition) is 1. The second-order valence-corrected chi connectivity index (χ2v) is 5.69. The summed E-state index contributed by atoms with van der Waals surface area (Å²) in [6.45, 7) is 4.90. The summed E-state index contributed by atoms with van der Waals surface area (Å²) in [5, 5.41) is 2.88. The summed E-state index contributed by atoms with van der Waals surface area (Å²) in [7, 11) is 1.62. The summed E-state index contributed by atoms with van der Waals surface area (Å²) in [5.74, 6) is 1.18. The SMILES string of the molecule is CCC(Oc1ccc(C)cc1)C(=O)Nc1cccc(OCCOC)c1. The number of anilines is 1. The lowest BCUT2D eigenvalue weighted by Crippen LogP contribution is -2.32. The minimum atomic E-state index is -0.555.